The third-order valence-electron chi connectivity index (χ3n) is 7.82. The van der Waals surface area contributed by atoms with Gasteiger partial charge < -0.3 is 14.8 Å². The van der Waals surface area contributed by atoms with Crippen LogP contribution in [0.5, 0.6) is 0 Å². The summed E-state index contributed by atoms with van der Waals surface area (Å²) in [5.74, 6) is -0.856. The zero-order valence-electron chi connectivity index (χ0n) is 22.7. The molecule has 0 amide bonds. The molecule has 1 heterocycles. The fourth-order valence-corrected chi connectivity index (χ4v) is 5.81. The highest BCUT2D eigenvalue weighted by atomic mass is 19.1. The van der Waals surface area contributed by atoms with Crippen molar-refractivity contribution in [3.8, 4) is 0 Å². The maximum atomic E-state index is 15.3. The molecule has 0 atom stereocenters. The molecule has 10 heteroatoms. The molecule has 0 aliphatic heterocycles. The predicted molar refractivity (Wildman–Crippen MR) is 145 cm³/mol. The number of carbonyl (C=O) groups excluding carboxylic acids is 1. The van der Waals surface area contributed by atoms with Crippen LogP contribution in [0.25, 0.3) is 10.9 Å². The van der Waals surface area contributed by atoms with Gasteiger partial charge in [0.1, 0.15) is 5.82 Å². The van der Waals surface area contributed by atoms with E-state index in [1.54, 1.807) is 29.6 Å². The maximum Gasteiger partial charge on any atom is 0.331 e. The van der Waals surface area contributed by atoms with Crippen LogP contribution in [-0.2, 0) is 20.8 Å². The van der Waals surface area contributed by atoms with Gasteiger partial charge >= 0.3 is 11.7 Å². The van der Waals surface area contributed by atoms with Crippen LogP contribution < -0.4 is 16.6 Å². The minimum atomic E-state index is -0.509. The van der Waals surface area contributed by atoms with Gasteiger partial charge in [-0.15, -0.1) is 0 Å². The number of anilines is 1. The smallest absolute Gasteiger partial charge is 0.331 e. The minimum absolute atomic E-state index is 0.0289. The summed E-state index contributed by atoms with van der Waals surface area (Å²) in [5, 5.41) is 3.54. The van der Waals surface area contributed by atoms with E-state index < -0.39 is 11.4 Å². The summed E-state index contributed by atoms with van der Waals surface area (Å²) < 4.78 is 28.4. The first-order valence-electron chi connectivity index (χ1n) is 14.0. The molecule has 0 bridgehead atoms. The molecule has 2 aliphatic carbocycles. The van der Waals surface area contributed by atoms with Gasteiger partial charge in [-0.25, -0.2) is 9.18 Å². The van der Waals surface area contributed by atoms with E-state index in [-0.39, 0.29) is 55.4 Å². The van der Waals surface area contributed by atoms with Crippen molar-refractivity contribution < 1.29 is 18.7 Å². The van der Waals surface area contributed by atoms with Gasteiger partial charge in [-0.05, 0) is 44.7 Å². The first kappa shape index (κ1) is 28.3. The molecule has 0 spiro atoms. The van der Waals surface area contributed by atoms with Crippen LogP contribution in [0, 0.1) is 5.82 Å². The van der Waals surface area contributed by atoms with E-state index in [0.29, 0.717) is 24.4 Å². The Kier molecular flexibility index (Phi) is 9.96. The van der Waals surface area contributed by atoms with Crippen molar-refractivity contribution in [3.63, 3.8) is 0 Å². The number of aromatic nitrogens is 2. The summed E-state index contributed by atoms with van der Waals surface area (Å²) in [6.45, 7) is 3.23. The molecule has 0 unspecified atom stereocenters. The largest absolute Gasteiger partial charge is 0.465 e. The van der Waals surface area contributed by atoms with E-state index in [0.717, 1.165) is 51.4 Å². The van der Waals surface area contributed by atoms with Gasteiger partial charge in [-0.1, -0.05) is 32.1 Å². The van der Waals surface area contributed by atoms with E-state index in [1.165, 1.54) is 17.1 Å². The molecule has 2 aromatic rings. The second-order valence-corrected chi connectivity index (χ2v) is 10.5. The van der Waals surface area contributed by atoms with Gasteiger partial charge in [0.25, 0.3) is 5.56 Å². The number of esters is 1. The molecule has 210 valence electrons. The Labute approximate surface area is 222 Å². The highest BCUT2D eigenvalue weighted by Gasteiger charge is 2.25. The van der Waals surface area contributed by atoms with Gasteiger partial charge in [0.2, 0.25) is 0 Å². The number of carbonyl (C=O) groups is 1. The summed E-state index contributed by atoms with van der Waals surface area (Å²) in [6, 6.07) is 3.11. The average molecular weight is 533 g/mol. The molecule has 2 aliphatic rings. The van der Waals surface area contributed by atoms with Gasteiger partial charge in [0.15, 0.2) is 0 Å². The molecule has 0 radical (unpaired) electrons. The maximum absolute atomic E-state index is 15.3. The van der Waals surface area contributed by atoms with Crippen LogP contribution >= 0.6 is 0 Å². The normalized spacial score (nSPS) is 16.9. The molecule has 1 N–H and O–H groups in total. The summed E-state index contributed by atoms with van der Waals surface area (Å²) in [4.78, 5) is 41.2. The SMILES string of the molecule is CCOC(=O)CN(CCOC)CCn1c(=O)c2cc(F)c(NC3CCCCC3)cc2n(C2CCCC2)c1=O. The number of nitrogens with zero attached hydrogens (tertiary/aromatic N) is 3. The van der Waals surface area contributed by atoms with Crippen molar-refractivity contribution >= 4 is 22.6 Å². The molecular formula is C28H41FN4O5. The minimum Gasteiger partial charge on any atom is -0.465 e. The molecular weight excluding hydrogens is 491 g/mol. The third-order valence-corrected chi connectivity index (χ3v) is 7.82. The highest BCUT2D eigenvalue weighted by molar-refractivity contribution is 5.82. The Hall–Kier alpha value is -2.72. The first-order valence-corrected chi connectivity index (χ1v) is 14.0. The number of benzene rings is 1. The van der Waals surface area contributed by atoms with Crippen LogP contribution in [0.4, 0.5) is 10.1 Å². The van der Waals surface area contributed by atoms with Gasteiger partial charge in [-0.3, -0.25) is 23.6 Å². The zero-order valence-corrected chi connectivity index (χ0v) is 22.7. The molecule has 2 fully saturated rings. The van der Waals surface area contributed by atoms with Crippen molar-refractivity contribution in [2.24, 2.45) is 0 Å². The second-order valence-electron chi connectivity index (χ2n) is 10.5. The lowest BCUT2D eigenvalue weighted by atomic mass is 9.95. The predicted octanol–water partition coefficient (Wildman–Crippen LogP) is 3.67. The fourth-order valence-electron chi connectivity index (χ4n) is 5.81. The quantitative estimate of drug-likeness (QED) is 0.417. The van der Waals surface area contributed by atoms with Crippen LogP contribution in [0.2, 0.25) is 0 Å². The summed E-state index contributed by atoms with van der Waals surface area (Å²) in [6.07, 6.45) is 9.11. The number of hydrogen-bond acceptors (Lipinski definition) is 7. The first-order chi connectivity index (χ1) is 18.4. The topological polar surface area (TPSA) is 94.8 Å². The Morgan fingerprint density at radius 1 is 1.08 bits per heavy atom. The average Bonchev–Trinajstić information content (AvgIpc) is 3.43. The van der Waals surface area contributed by atoms with E-state index in [1.807, 2.05) is 0 Å². The van der Waals surface area contributed by atoms with Crippen LogP contribution in [0.15, 0.2) is 21.7 Å². The van der Waals surface area contributed by atoms with Crippen molar-refractivity contribution in [2.75, 3.05) is 45.3 Å². The van der Waals surface area contributed by atoms with Gasteiger partial charge in [0.05, 0.1) is 36.3 Å². The number of ether oxygens (including phenoxy) is 2. The van der Waals surface area contributed by atoms with Crippen molar-refractivity contribution in [1.82, 2.24) is 14.0 Å². The summed E-state index contributed by atoms with van der Waals surface area (Å²) >= 11 is 0. The lowest BCUT2D eigenvalue weighted by Crippen LogP contribution is -2.44. The van der Waals surface area contributed by atoms with Crippen LogP contribution in [0.3, 0.4) is 0 Å². The number of nitrogens with one attached hydrogen (secondary N) is 1. The monoisotopic (exact) mass is 532 g/mol. The standard InChI is InChI=1S/C28H41FN4O5/c1-3-38-26(34)19-31(15-16-37-2)13-14-32-27(35)22-17-23(29)24(30-20-9-5-4-6-10-20)18-25(22)33(28(32)36)21-11-7-8-12-21/h17-18,20-21,30H,3-16,19H2,1-2H3. The number of halogens is 1. The number of hydrogen-bond donors (Lipinski definition) is 1. The van der Waals surface area contributed by atoms with Crippen molar-refractivity contribution in [2.45, 2.75) is 83.3 Å². The van der Waals surface area contributed by atoms with E-state index in [4.69, 9.17) is 9.47 Å². The fraction of sp³-hybridized carbons (Fsp3) is 0.679. The summed E-state index contributed by atoms with van der Waals surface area (Å²) in [5.41, 5.74) is -0.0452. The molecule has 1 aromatic heterocycles. The summed E-state index contributed by atoms with van der Waals surface area (Å²) in [7, 11) is 1.57. The lowest BCUT2D eigenvalue weighted by Gasteiger charge is -2.25. The molecule has 4 rings (SSSR count). The van der Waals surface area contributed by atoms with E-state index in [2.05, 4.69) is 5.32 Å². The van der Waals surface area contributed by atoms with E-state index in [9.17, 15) is 14.4 Å². The molecule has 0 saturated heterocycles. The van der Waals surface area contributed by atoms with Crippen molar-refractivity contribution in [1.29, 1.82) is 0 Å². The van der Waals surface area contributed by atoms with Crippen molar-refractivity contribution in [3.05, 3.63) is 38.8 Å². The lowest BCUT2D eigenvalue weighted by molar-refractivity contribution is -0.144. The van der Waals surface area contributed by atoms with Crippen LogP contribution in [0.1, 0.15) is 70.8 Å². The molecule has 1 aromatic carbocycles. The number of rotatable bonds is 12. The highest BCUT2D eigenvalue weighted by Crippen LogP contribution is 2.32. The Bertz CT molecular complexity index is 1210. The molecule has 2 saturated carbocycles. The Morgan fingerprint density at radius 2 is 1.79 bits per heavy atom. The molecule has 38 heavy (non-hydrogen) atoms. The third kappa shape index (κ3) is 6.64. The van der Waals surface area contributed by atoms with E-state index >= 15 is 4.39 Å². The molecule has 9 nitrogen and oxygen atoms in total. The second kappa shape index (κ2) is 13.4. The Balaban J connectivity index is 1.70. The van der Waals surface area contributed by atoms with Gasteiger partial charge in [0, 0.05) is 38.8 Å². The number of fused-ring (bicyclic) bond motifs is 1. The van der Waals surface area contributed by atoms with Gasteiger partial charge in [-0.2, -0.15) is 0 Å². The zero-order chi connectivity index (χ0) is 27.1. The number of methoxy groups -OCH3 is 1. The Morgan fingerprint density at radius 3 is 2.47 bits per heavy atom. The van der Waals surface area contributed by atoms with Crippen LogP contribution in [-0.4, -0.2) is 66.0 Å².